The third-order valence-corrected chi connectivity index (χ3v) is 6.10. The van der Waals surface area contributed by atoms with Crippen LogP contribution in [0.3, 0.4) is 0 Å². The van der Waals surface area contributed by atoms with Crippen molar-refractivity contribution in [2.45, 2.75) is 57.9 Å². The van der Waals surface area contributed by atoms with Crippen LogP contribution < -0.4 is 5.32 Å². The molecule has 2 aliphatic carbocycles. The van der Waals surface area contributed by atoms with Gasteiger partial charge in [0, 0.05) is 33.2 Å². The smallest absolute Gasteiger partial charge is 0.243 e. The van der Waals surface area contributed by atoms with Crippen molar-refractivity contribution in [3.8, 4) is 0 Å². The van der Waals surface area contributed by atoms with Gasteiger partial charge >= 0.3 is 0 Å². The average Bonchev–Trinajstić information content (AvgIpc) is 3.30. The predicted molar refractivity (Wildman–Crippen MR) is 98.0 cm³/mol. The van der Waals surface area contributed by atoms with E-state index in [1.807, 2.05) is 0 Å². The fourth-order valence-corrected chi connectivity index (χ4v) is 4.15. The van der Waals surface area contributed by atoms with E-state index in [-0.39, 0.29) is 12.5 Å². The van der Waals surface area contributed by atoms with Crippen molar-refractivity contribution in [3.63, 3.8) is 0 Å². The monoisotopic (exact) mass is 334 g/mol. The van der Waals surface area contributed by atoms with Crippen molar-refractivity contribution in [1.29, 1.82) is 0 Å². The molecule has 136 valence electrons. The number of hydrogen-bond donors (Lipinski definition) is 1. The van der Waals surface area contributed by atoms with Crippen LogP contribution in [0.2, 0.25) is 0 Å². The van der Waals surface area contributed by atoms with E-state index in [0.29, 0.717) is 12.0 Å². The second kappa shape index (κ2) is 7.75. The van der Waals surface area contributed by atoms with E-state index in [2.05, 4.69) is 17.1 Å². The van der Waals surface area contributed by atoms with Gasteiger partial charge < -0.3 is 15.1 Å². The molecule has 5 nitrogen and oxygen atoms in total. The number of likely N-dealkylation sites (N-methyl/N-ethyl adjacent to an activating group) is 1. The highest BCUT2D eigenvalue weighted by Gasteiger charge is 2.37. The van der Waals surface area contributed by atoms with Gasteiger partial charge in [0.2, 0.25) is 5.91 Å². The molecule has 3 unspecified atom stereocenters. The molecule has 5 heteroatoms. The van der Waals surface area contributed by atoms with E-state index in [1.54, 1.807) is 19.0 Å². The lowest BCUT2D eigenvalue weighted by Crippen LogP contribution is -2.48. The van der Waals surface area contributed by atoms with E-state index >= 15 is 0 Å². The van der Waals surface area contributed by atoms with Crippen molar-refractivity contribution < 1.29 is 4.79 Å². The zero-order chi connectivity index (χ0) is 17.1. The zero-order valence-electron chi connectivity index (χ0n) is 15.6. The Kier molecular flexibility index (Phi) is 5.67. The summed E-state index contributed by atoms with van der Waals surface area (Å²) < 4.78 is 0. The fraction of sp³-hybridized carbons (Fsp3) is 0.895. The highest BCUT2D eigenvalue weighted by atomic mass is 16.2. The summed E-state index contributed by atoms with van der Waals surface area (Å²) in [5.74, 6) is 3.53. The van der Waals surface area contributed by atoms with Gasteiger partial charge in [-0.15, -0.1) is 0 Å². The van der Waals surface area contributed by atoms with E-state index in [1.165, 1.54) is 44.9 Å². The second-order valence-corrected chi connectivity index (χ2v) is 8.27. The summed E-state index contributed by atoms with van der Waals surface area (Å²) in [7, 11) is 3.60. The Morgan fingerprint density at radius 3 is 2.54 bits per heavy atom. The molecule has 0 aromatic rings. The van der Waals surface area contributed by atoms with Crippen LogP contribution >= 0.6 is 0 Å². The molecule has 0 spiro atoms. The summed E-state index contributed by atoms with van der Waals surface area (Å²) in [5.41, 5.74) is 0. The number of aliphatic imine (C=N–C) groups is 1. The Balaban J connectivity index is 1.65. The van der Waals surface area contributed by atoms with Crippen molar-refractivity contribution >= 4 is 11.9 Å². The maximum Gasteiger partial charge on any atom is 0.243 e. The first-order chi connectivity index (χ1) is 11.5. The second-order valence-electron chi connectivity index (χ2n) is 8.27. The molecule has 3 atom stereocenters. The number of carbonyl (C=O) groups is 1. The molecule has 3 rings (SSSR count). The molecule has 3 aliphatic rings. The van der Waals surface area contributed by atoms with E-state index in [4.69, 9.17) is 4.99 Å². The highest BCUT2D eigenvalue weighted by molar-refractivity contribution is 5.85. The quantitative estimate of drug-likeness (QED) is 0.634. The summed E-state index contributed by atoms with van der Waals surface area (Å²) in [6.07, 6.45) is 9.28. The predicted octanol–water partition coefficient (Wildman–Crippen LogP) is 2.33. The summed E-state index contributed by atoms with van der Waals surface area (Å²) in [6, 6.07) is 0.506. The average molecular weight is 335 g/mol. The molecule has 24 heavy (non-hydrogen) atoms. The molecule has 1 heterocycles. The van der Waals surface area contributed by atoms with Crippen LogP contribution in [0.1, 0.15) is 51.9 Å². The SMILES string of the molecule is CC1CCCCC1NC(=NCC(=O)N(C)C)N1CCC(C2CC2)C1. The normalized spacial score (nSPS) is 31.2. The number of rotatable bonds is 4. The summed E-state index contributed by atoms with van der Waals surface area (Å²) in [5, 5.41) is 3.73. The van der Waals surface area contributed by atoms with Crippen LogP contribution in [0.15, 0.2) is 4.99 Å². The van der Waals surface area contributed by atoms with Crippen LogP contribution in [-0.4, -0.2) is 61.4 Å². The topological polar surface area (TPSA) is 47.9 Å². The molecule has 0 bridgehead atoms. The molecule has 0 aromatic carbocycles. The standard InChI is InChI=1S/C19H34N4O/c1-14-6-4-5-7-17(14)21-19(20-12-18(24)22(2)3)23-11-10-16(13-23)15-8-9-15/h14-17H,4-13H2,1-3H3,(H,20,21). The summed E-state index contributed by atoms with van der Waals surface area (Å²) >= 11 is 0. The van der Waals surface area contributed by atoms with Crippen LogP contribution in [-0.2, 0) is 4.79 Å². The van der Waals surface area contributed by atoms with Gasteiger partial charge in [0.05, 0.1) is 0 Å². The largest absolute Gasteiger partial charge is 0.353 e. The molecular weight excluding hydrogens is 300 g/mol. The molecule has 1 N–H and O–H groups in total. The molecule has 3 fully saturated rings. The number of nitrogens with zero attached hydrogens (tertiary/aromatic N) is 3. The number of hydrogen-bond acceptors (Lipinski definition) is 2. The molecule has 0 radical (unpaired) electrons. The van der Waals surface area contributed by atoms with Gasteiger partial charge in [-0.1, -0.05) is 19.8 Å². The Hall–Kier alpha value is -1.26. The Morgan fingerprint density at radius 2 is 1.88 bits per heavy atom. The van der Waals surface area contributed by atoms with Gasteiger partial charge in [-0.05, 0) is 49.9 Å². The molecule has 1 aliphatic heterocycles. The first-order valence-electron chi connectivity index (χ1n) is 9.80. The minimum Gasteiger partial charge on any atom is -0.353 e. The van der Waals surface area contributed by atoms with Gasteiger partial charge in [-0.3, -0.25) is 4.79 Å². The summed E-state index contributed by atoms with van der Waals surface area (Å²) in [4.78, 5) is 20.7. The number of amides is 1. The van der Waals surface area contributed by atoms with E-state index < -0.39 is 0 Å². The van der Waals surface area contributed by atoms with Gasteiger partial charge in [-0.2, -0.15) is 0 Å². The van der Waals surface area contributed by atoms with E-state index in [9.17, 15) is 4.79 Å². The van der Waals surface area contributed by atoms with Gasteiger partial charge in [-0.25, -0.2) is 4.99 Å². The number of guanidine groups is 1. The maximum atomic E-state index is 12.0. The molecule has 0 aromatic heterocycles. The molecule has 2 saturated carbocycles. The molecule has 1 amide bonds. The van der Waals surface area contributed by atoms with Crippen LogP contribution in [0, 0.1) is 17.8 Å². The number of nitrogens with one attached hydrogen (secondary N) is 1. The lowest BCUT2D eigenvalue weighted by atomic mass is 9.86. The van der Waals surface area contributed by atoms with Crippen molar-refractivity contribution in [3.05, 3.63) is 0 Å². The first-order valence-corrected chi connectivity index (χ1v) is 9.80. The van der Waals surface area contributed by atoms with Crippen LogP contribution in [0.25, 0.3) is 0 Å². The number of carbonyl (C=O) groups excluding carboxylic acids is 1. The van der Waals surface area contributed by atoms with Gasteiger partial charge in [0.15, 0.2) is 5.96 Å². The summed E-state index contributed by atoms with van der Waals surface area (Å²) in [6.45, 7) is 4.80. The fourth-order valence-electron chi connectivity index (χ4n) is 4.15. The lowest BCUT2D eigenvalue weighted by molar-refractivity contribution is -0.127. The lowest BCUT2D eigenvalue weighted by Gasteiger charge is -2.33. The van der Waals surface area contributed by atoms with Gasteiger partial charge in [0.1, 0.15) is 6.54 Å². The Bertz CT molecular complexity index is 472. The van der Waals surface area contributed by atoms with Crippen LogP contribution in [0.4, 0.5) is 0 Å². The highest BCUT2D eigenvalue weighted by Crippen LogP contribution is 2.41. The molecular formula is C19H34N4O. The third-order valence-electron chi connectivity index (χ3n) is 6.10. The maximum absolute atomic E-state index is 12.0. The Morgan fingerprint density at radius 1 is 1.12 bits per heavy atom. The van der Waals surface area contributed by atoms with Gasteiger partial charge in [0.25, 0.3) is 0 Å². The van der Waals surface area contributed by atoms with Crippen molar-refractivity contribution in [2.24, 2.45) is 22.7 Å². The number of likely N-dealkylation sites (tertiary alicyclic amines) is 1. The van der Waals surface area contributed by atoms with Crippen molar-refractivity contribution in [2.75, 3.05) is 33.7 Å². The van der Waals surface area contributed by atoms with E-state index in [0.717, 1.165) is 30.9 Å². The Labute approximate surface area is 146 Å². The zero-order valence-corrected chi connectivity index (χ0v) is 15.6. The van der Waals surface area contributed by atoms with Crippen LogP contribution in [0.5, 0.6) is 0 Å². The minimum absolute atomic E-state index is 0.0731. The first kappa shape index (κ1) is 17.6. The molecule has 1 saturated heterocycles. The third kappa shape index (κ3) is 4.42. The minimum atomic E-state index is 0.0731. The van der Waals surface area contributed by atoms with Crippen molar-refractivity contribution in [1.82, 2.24) is 15.1 Å².